The number of guanidine groups is 1. The van der Waals surface area contributed by atoms with Crippen LogP contribution in [0.1, 0.15) is 44.6 Å². The van der Waals surface area contributed by atoms with E-state index in [1.807, 2.05) is 25.1 Å². The first kappa shape index (κ1) is 20.4. The van der Waals surface area contributed by atoms with Gasteiger partial charge in [-0.15, -0.1) is 0 Å². The van der Waals surface area contributed by atoms with Crippen LogP contribution in [0.2, 0.25) is 0 Å². The Hall–Kier alpha value is -1.95. The van der Waals surface area contributed by atoms with Crippen molar-refractivity contribution in [2.75, 3.05) is 33.9 Å². The minimum atomic E-state index is -0.635. The van der Waals surface area contributed by atoms with Crippen molar-refractivity contribution in [3.8, 4) is 11.5 Å². The van der Waals surface area contributed by atoms with Gasteiger partial charge in [0, 0.05) is 13.1 Å². The molecule has 2 rings (SSSR count). The van der Waals surface area contributed by atoms with E-state index >= 15 is 0 Å². The van der Waals surface area contributed by atoms with Gasteiger partial charge in [-0.05, 0) is 43.9 Å². The quantitative estimate of drug-likeness (QED) is 0.489. The summed E-state index contributed by atoms with van der Waals surface area (Å²) in [6, 6.07) is 5.96. The van der Waals surface area contributed by atoms with E-state index in [4.69, 9.17) is 9.47 Å². The number of hydrogen-bond donors (Lipinski definition) is 3. The predicted octanol–water partition coefficient (Wildman–Crippen LogP) is 2.50. The van der Waals surface area contributed by atoms with Gasteiger partial charge >= 0.3 is 0 Å². The molecule has 0 radical (unpaired) electrons. The molecule has 146 valence electrons. The highest BCUT2D eigenvalue weighted by Gasteiger charge is 2.28. The fraction of sp³-hybridized carbons (Fsp3) is 0.650. The van der Waals surface area contributed by atoms with Gasteiger partial charge in [-0.3, -0.25) is 4.99 Å². The fourth-order valence-electron chi connectivity index (χ4n) is 3.30. The Bertz CT molecular complexity index is 584. The van der Waals surface area contributed by atoms with E-state index in [-0.39, 0.29) is 0 Å². The summed E-state index contributed by atoms with van der Waals surface area (Å²) in [5.74, 6) is 2.23. The summed E-state index contributed by atoms with van der Waals surface area (Å²) in [5, 5.41) is 17.2. The van der Waals surface area contributed by atoms with Crippen LogP contribution < -0.4 is 20.1 Å². The van der Waals surface area contributed by atoms with Crippen molar-refractivity contribution >= 4 is 5.96 Å². The summed E-state index contributed by atoms with van der Waals surface area (Å²) in [6.07, 6.45) is 5.94. The average Bonchev–Trinajstić information content (AvgIpc) is 2.66. The molecule has 26 heavy (non-hydrogen) atoms. The number of benzene rings is 1. The zero-order valence-electron chi connectivity index (χ0n) is 16.3. The predicted molar refractivity (Wildman–Crippen MR) is 105 cm³/mol. The molecule has 0 heterocycles. The van der Waals surface area contributed by atoms with Crippen LogP contribution in [-0.2, 0) is 6.42 Å². The summed E-state index contributed by atoms with van der Waals surface area (Å²) in [4.78, 5) is 4.60. The van der Waals surface area contributed by atoms with Gasteiger partial charge < -0.3 is 25.2 Å². The summed E-state index contributed by atoms with van der Waals surface area (Å²) in [6.45, 7) is 4.04. The summed E-state index contributed by atoms with van der Waals surface area (Å²) in [7, 11) is 3.28. The summed E-state index contributed by atoms with van der Waals surface area (Å²) < 4.78 is 10.6. The molecule has 6 nitrogen and oxygen atoms in total. The lowest BCUT2D eigenvalue weighted by molar-refractivity contribution is 0.0131. The molecule has 6 heteroatoms. The smallest absolute Gasteiger partial charge is 0.191 e. The van der Waals surface area contributed by atoms with E-state index in [0.29, 0.717) is 6.54 Å². The van der Waals surface area contributed by atoms with E-state index in [1.165, 1.54) is 6.42 Å². The lowest BCUT2D eigenvalue weighted by Gasteiger charge is -2.30. The van der Waals surface area contributed by atoms with Crippen molar-refractivity contribution in [1.82, 2.24) is 10.6 Å². The maximum Gasteiger partial charge on any atom is 0.191 e. The lowest BCUT2D eigenvalue weighted by Crippen LogP contribution is -2.41. The zero-order valence-corrected chi connectivity index (χ0v) is 16.3. The molecule has 0 amide bonds. The second-order valence-corrected chi connectivity index (χ2v) is 6.85. The van der Waals surface area contributed by atoms with Gasteiger partial charge in [-0.1, -0.05) is 25.3 Å². The van der Waals surface area contributed by atoms with Crippen molar-refractivity contribution in [3.05, 3.63) is 23.8 Å². The molecule has 3 N–H and O–H groups in total. The molecule has 0 unspecified atom stereocenters. The number of ether oxygens (including phenoxy) is 2. The zero-order chi connectivity index (χ0) is 18.8. The van der Waals surface area contributed by atoms with E-state index in [1.54, 1.807) is 14.2 Å². The molecule has 1 aromatic rings. The largest absolute Gasteiger partial charge is 0.493 e. The topological polar surface area (TPSA) is 75.1 Å². The number of aliphatic hydroxyl groups is 1. The fourth-order valence-corrected chi connectivity index (χ4v) is 3.30. The Balaban J connectivity index is 1.88. The summed E-state index contributed by atoms with van der Waals surface area (Å²) in [5.41, 5.74) is 0.529. The molecule has 0 spiro atoms. The van der Waals surface area contributed by atoms with Crippen LogP contribution in [-0.4, -0.2) is 50.5 Å². The molecule has 1 fully saturated rings. The van der Waals surface area contributed by atoms with Crippen LogP contribution in [0.4, 0.5) is 0 Å². The number of rotatable bonds is 8. The maximum atomic E-state index is 10.6. The first-order valence-corrected chi connectivity index (χ1v) is 9.55. The van der Waals surface area contributed by atoms with Crippen LogP contribution in [0.15, 0.2) is 23.2 Å². The van der Waals surface area contributed by atoms with Gasteiger partial charge in [0.25, 0.3) is 0 Å². The molecule has 1 aromatic carbocycles. The van der Waals surface area contributed by atoms with Crippen molar-refractivity contribution < 1.29 is 14.6 Å². The molecule has 1 saturated carbocycles. The van der Waals surface area contributed by atoms with E-state index in [0.717, 1.165) is 68.2 Å². The minimum Gasteiger partial charge on any atom is -0.493 e. The second kappa shape index (κ2) is 10.3. The van der Waals surface area contributed by atoms with Crippen LogP contribution in [0.25, 0.3) is 0 Å². The normalized spacial score (nSPS) is 16.8. The highest BCUT2D eigenvalue weighted by atomic mass is 16.5. The molecule has 1 aliphatic carbocycles. The lowest BCUT2D eigenvalue weighted by atomic mass is 9.85. The van der Waals surface area contributed by atoms with Gasteiger partial charge in [0.05, 0.1) is 26.4 Å². The van der Waals surface area contributed by atoms with Crippen molar-refractivity contribution in [2.45, 2.75) is 51.0 Å². The average molecular weight is 364 g/mol. The van der Waals surface area contributed by atoms with Crippen LogP contribution >= 0.6 is 0 Å². The first-order chi connectivity index (χ1) is 12.6. The van der Waals surface area contributed by atoms with Gasteiger partial charge in [0.15, 0.2) is 17.5 Å². The Labute approximate surface area is 157 Å². The Morgan fingerprint density at radius 2 is 1.85 bits per heavy atom. The minimum absolute atomic E-state index is 0.457. The Morgan fingerprint density at radius 1 is 1.12 bits per heavy atom. The number of nitrogens with zero attached hydrogens (tertiary/aromatic N) is 1. The van der Waals surface area contributed by atoms with E-state index < -0.39 is 5.60 Å². The molecule has 0 saturated heterocycles. The highest BCUT2D eigenvalue weighted by molar-refractivity contribution is 5.79. The molecule has 0 aliphatic heterocycles. The van der Waals surface area contributed by atoms with Crippen molar-refractivity contribution in [1.29, 1.82) is 0 Å². The molecule has 0 bridgehead atoms. The standard InChI is InChI=1S/C20H33N3O3/c1-4-21-19(23-15-20(24)11-6-5-7-12-20)22-13-10-16-8-9-17(25-2)18(14-16)26-3/h8-9,14,24H,4-7,10-13,15H2,1-3H3,(H2,21,22,23). The van der Waals surface area contributed by atoms with Gasteiger partial charge in [0.1, 0.15) is 0 Å². The third kappa shape index (κ3) is 6.09. The monoisotopic (exact) mass is 363 g/mol. The third-order valence-electron chi connectivity index (χ3n) is 4.81. The number of aliphatic imine (C=N–C) groups is 1. The molecular weight excluding hydrogens is 330 g/mol. The Kier molecular flexibility index (Phi) is 8.04. The van der Waals surface area contributed by atoms with Gasteiger partial charge in [-0.25, -0.2) is 0 Å². The molecule has 0 atom stereocenters. The van der Waals surface area contributed by atoms with Crippen molar-refractivity contribution in [2.24, 2.45) is 4.99 Å². The summed E-state index contributed by atoms with van der Waals surface area (Å²) >= 11 is 0. The SMILES string of the molecule is CCNC(=NCC1(O)CCCCC1)NCCc1ccc(OC)c(OC)c1. The number of hydrogen-bond acceptors (Lipinski definition) is 4. The van der Waals surface area contributed by atoms with Crippen LogP contribution in [0.3, 0.4) is 0 Å². The number of methoxy groups -OCH3 is 2. The van der Waals surface area contributed by atoms with Crippen LogP contribution in [0.5, 0.6) is 11.5 Å². The van der Waals surface area contributed by atoms with Gasteiger partial charge in [-0.2, -0.15) is 0 Å². The molecular formula is C20H33N3O3. The van der Waals surface area contributed by atoms with E-state index in [9.17, 15) is 5.11 Å². The van der Waals surface area contributed by atoms with E-state index in [2.05, 4.69) is 15.6 Å². The Morgan fingerprint density at radius 3 is 2.50 bits per heavy atom. The van der Waals surface area contributed by atoms with Crippen LogP contribution in [0, 0.1) is 0 Å². The first-order valence-electron chi connectivity index (χ1n) is 9.55. The van der Waals surface area contributed by atoms with Crippen molar-refractivity contribution in [3.63, 3.8) is 0 Å². The second-order valence-electron chi connectivity index (χ2n) is 6.85. The maximum absolute atomic E-state index is 10.6. The van der Waals surface area contributed by atoms with Gasteiger partial charge in [0.2, 0.25) is 0 Å². The molecule has 0 aromatic heterocycles. The highest BCUT2D eigenvalue weighted by Crippen LogP contribution is 2.28. The third-order valence-corrected chi connectivity index (χ3v) is 4.81. The number of nitrogens with one attached hydrogen (secondary N) is 2. The molecule has 1 aliphatic rings.